The van der Waals surface area contributed by atoms with Crippen molar-refractivity contribution in [3.05, 3.63) is 46.8 Å². The maximum atomic E-state index is 5.99. The van der Waals surface area contributed by atoms with Crippen molar-refractivity contribution in [1.82, 2.24) is 0 Å². The highest BCUT2D eigenvalue weighted by atomic mass is 32.1. The summed E-state index contributed by atoms with van der Waals surface area (Å²) in [6.45, 7) is 4.25. The Kier molecular flexibility index (Phi) is 3.42. The maximum Gasteiger partial charge on any atom is 0.0345 e. The van der Waals surface area contributed by atoms with Crippen LogP contribution in [0.25, 0.3) is 10.4 Å². The van der Waals surface area contributed by atoms with Crippen LogP contribution in [-0.2, 0) is 0 Å². The summed E-state index contributed by atoms with van der Waals surface area (Å²) in [6, 6.07) is 13.1. The lowest BCUT2D eigenvalue weighted by Crippen LogP contribution is -2.07. The van der Waals surface area contributed by atoms with Crippen LogP contribution in [0.2, 0.25) is 0 Å². The standard InChI is InChI=1S/C14H17NS/c1-3-13(15)11-5-7-12(8-6-11)14-9-4-10(2)16-14/h4-9,13H,3,15H2,1-2H3. The van der Waals surface area contributed by atoms with Gasteiger partial charge < -0.3 is 5.73 Å². The Hall–Kier alpha value is -1.12. The largest absolute Gasteiger partial charge is 0.324 e. The number of hydrogen-bond acceptors (Lipinski definition) is 2. The first-order valence-electron chi connectivity index (χ1n) is 5.63. The number of rotatable bonds is 3. The Bertz CT molecular complexity index is 456. The number of thiophene rings is 1. The van der Waals surface area contributed by atoms with Crippen LogP contribution in [0.4, 0.5) is 0 Å². The van der Waals surface area contributed by atoms with Crippen molar-refractivity contribution in [2.24, 2.45) is 5.73 Å². The van der Waals surface area contributed by atoms with Crippen LogP contribution in [0.5, 0.6) is 0 Å². The number of hydrogen-bond donors (Lipinski definition) is 1. The number of benzene rings is 1. The van der Waals surface area contributed by atoms with E-state index in [0.29, 0.717) is 0 Å². The molecule has 0 saturated heterocycles. The van der Waals surface area contributed by atoms with Crippen LogP contribution < -0.4 is 5.73 Å². The summed E-state index contributed by atoms with van der Waals surface area (Å²) in [4.78, 5) is 2.68. The average Bonchev–Trinajstić information content (AvgIpc) is 2.75. The predicted molar refractivity (Wildman–Crippen MR) is 71.7 cm³/mol. The smallest absolute Gasteiger partial charge is 0.0345 e. The zero-order valence-electron chi connectivity index (χ0n) is 9.73. The lowest BCUT2D eigenvalue weighted by atomic mass is 10.0. The van der Waals surface area contributed by atoms with Crippen molar-refractivity contribution in [3.63, 3.8) is 0 Å². The first-order chi connectivity index (χ1) is 7.70. The second-order valence-electron chi connectivity index (χ2n) is 4.05. The molecule has 2 N–H and O–H groups in total. The van der Waals surface area contributed by atoms with E-state index in [4.69, 9.17) is 5.73 Å². The molecular formula is C14H17NS. The van der Waals surface area contributed by atoms with Crippen molar-refractivity contribution in [2.75, 3.05) is 0 Å². The molecule has 0 aliphatic heterocycles. The van der Waals surface area contributed by atoms with Crippen LogP contribution in [0.15, 0.2) is 36.4 Å². The van der Waals surface area contributed by atoms with Gasteiger partial charge in [-0.15, -0.1) is 11.3 Å². The Morgan fingerprint density at radius 3 is 2.31 bits per heavy atom. The zero-order chi connectivity index (χ0) is 11.5. The van der Waals surface area contributed by atoms with Crippen LogP contribution >= 0.6 is 11.3 Å². The van der Waals surface area contributed by atoms with Crippen molar-refractivity contribution in [1.29, 1.82) is 0 Å². The molecule has 2 rings (SSSR count). The fraction of sp³-hybridized carbons (Fsp3) is 0.286. The summed E-state index contributed by atoms with van der Waals surface area (Å²) in [6.07, 6.45) is 0.984. The molecule has 2 aromatic rings. The molecule has 1 aromatic carbocycles. The summed E-state index contributed by atoms with van der Waals surface area (Å²) in [5, 5.41) is 0. The van der Waals surface area contributed by atoms with Gasteiger partial charge in [-0.3, -0.25) is 0 Å². The van der Waals surface area contributed by atoms with Gasteiger partial charge in [0, 0.05) is 15.8 Å². The summed E-state index contributed by atoms with van der Waals surface area (Å²) >= 11 is 1.83. The molecule has 1 heterocycles. The van der Waals surface area contributed by atoms with Crippen molar-refractivity contribution < 1.29 is 0 Å². The maximum absolute atomic E-state index is 5.99. The van der Waals surface area contributed by atoms with Crippen molar-refractivity contribution in [3.8, 4) is 10.4 Å². The summed E-state index contributed by atoms with van der Waals surface area (Å²) in [5.41, 5.74) is 8.49. The van der Waals surface area contributed by atoms with Crippen LogP contribution in [-0.4, -0.2) is 0 Å². The fourth-order valence-electron chi connectivity index (χ4n) is 1.72. The molecule has 1 atom stereocenters. The van der Waals surface area contributed by atoms with Crippen LogP contribution in [0.3, 0.4) is 0 Å². The molecule has 0 fully saturated rings. The molecule has 0 saturated carbocycles. The van der Waals surface area contributed by atoms with E-state index < -0.39 is 0 Å². The lowest BCUT2D eigenvalue weighted by molar-refractivity contribution is 0.699. The Morgan fingerprint density at radius 2 is 1.81 bits per heavy atom. The molecule has 0 aliphatic carbocycles. The van der Waals surface area contributed by atoms with Gasteiger partial charge in [-0.05, 0) is 36.6 Å². The zero-order valence-corrected chi connectivity index (χ0v) is 10.6. The fourth-order valence-corrected chi connectivity index (χ4v) is 2.59. The van der Waals surface area contributed by atoms with Crippen LogP contribution in [0.1, 0.15) is 29.8 Å². The predicted octanol–water partition coefficient (Wildman–Crippen LogP) is 4.13. The molecule has 0 aliphatic rings. The molecule has 16 heavy (non-hydrogen) atoms. The van der Waals surface area contributed by atoms with Gasteiger partial charge in [-0.25, -0.2) is 0 Å². The molecule has 0 bridgehead atoms. The van der Waals surface area contributed by atoms with Gasteiger partial charge in [0.1, 0.15) is 0 Å². The second-order valence-corrected chi connectivity index (χ2v) is 5.33. The molecule has 1 aromatic heterocycles. The highest BCUT2D eigenvalue weighted by Crippen LogP contribution is 2.28. The molecule has 2 heteroatoms. The first kappa shape index (κ1) is 11.4. The SMILES string of the molecule is CCC(N)c1ccc(-c2ccc(C)s2)cc1. The quantitative estimate of drug-likeness (QED) is 0.844. The molecule has 84 valence electrons. The average molecular weight is 231 g/mol. The third-order valence-electron chi connectivity index (χ3n) is 2.80. The first-order valence-corrected chi connectivity index (χ1v) is 6.44. The Balaban J connectivity index is 2.25. The third kappa shape index (κ3) is 2.34. The van der Waals surface area contributed by atoms with E-state index in [0.717, 1.165) is 6.42 Å². The highest BCUT2D eigenvalue weighted by Gasteiger charge is 2.04. The minimum atomic E-state index is 0.166. The van der Waals surface area contributed by atoms with Crippen molar-refractivity contribution in [2.45, 2.75) is 26.3 Å². The third-order valence-corrected chi connectivity index (χ3v) is 3.85. The molecule has 0 amide bonds. The van der Waals surface area contributed by atoms with Gasteiger partial charge >= 0.3 is 0 Å². The minimum absolute atomic E-state index is 0.166. The lowest BCUT2D eigenvalue weighted by Gasteiger charge is -2.09. The van der Waals surface area contributed by atoms with Gasteiger partial charge in [0.05, 0.1) is 0 Å². The van der Waals surface area contributed by atoms with Crippen molar-refractivity contribution >= 4 is 11.3 Å². The van der Waals surface area contributed by atoms with E-state index in [1.807, 2.05) is 11.3 Å². The van der Waals surface area contributed by atoms with Gasteiger partial charge in [-0.1, -0.05) is 31.2 Å². The van der Waals surface area contributed by atoms with Gasteiger partial charge in [0.15, 0.2) is 0 Å². The van der Waals surface area contributed by atoms with E-state index >= 15 is 0 Å². The Morgan fingerprint density at radius 1 is 1.12 bits per heavy atom. The van der Waals surface area contributed by atoms with E-state index in [2.05, 4.69) is 50.2 Å². The number of aryl methyl sites for hydroxylation is 1. The molecular weight excluding hydrogens is 214 g/mol. The summed E-state index contributed by atoms with van der Waals surface area (Å²) in [7, 11) is 0. The normalized spacial score (nSPS) is 12.7. The van der Waals surface area contributed by atoms with Gasteiger partial charge in [-0.2, -0.15) is 0 Å². The van der Waals surface area contributed by atoms with Gasteiger partial charge in [0.25, 0.3) is 0 Å². The van der Waals surface area contributed by atoms with E-state index in [9.17, 15) is 0 Å². The number of nitrogens with two attached hydrogens (primary N) is 1. The topological polar surface area (TPSA) is 26.0 Å². The molecule has 0 radical (unpaired) electrons. The van der Waals surface area contributed by atoms with Crippen LogP contribution in [0, 0.1) is 6.92 Å². The molecule has 1 nitrogen and oxygen atoms in total. The van der Waals surface area contributed by atoms with E-state index in [1.54, 1.807) is 0 Å². The van der Waals surface area contributed by atoms with E-state index in [-0.39, 0.29) is 6.04 Å². The minimum Gasteiger partial charge on any atom is -0.324 e. The summed E-state index contributed by atoms with van der Waals surface area (Å²) < 4.78 is 0. The second kappa shape index (κ2) is 4.81. The van der Waals surface area contributed by atoms with E-state index in [1.165, 1.54) is 20.9 Å². The highest BCUT2D eigenvalue weighted by molar-refractivity contribution is 7.15. The Labute approximate surface area is 101 Å². The molecule has 0 spiro atoms. The monoisotopic (exact) mass is 231 g/mol. The summed E-state index contributed by atoms with van der Waals surface area (Å²) in [5.74, 6) is 0. The van der Waals surface area contributed by atoms with Gasteiger partial charge in [0.2, 0.25) is 0 Å². The molecule has 1 unspecified atom stereocenters.